The average molecular weight is 197 g/mol. The van der Waals surface area contributed by atoms with Crippen LogP contribution in [0.2, 0.25) is 0 Å². The van der Waals surface area contributed by atoms with E-state index < -0.39 is 6.86 Å². The van der Waals surface area contributed by atoms with E-state index in [1.54, 1.807) is 19.1 Å². The minimum atomic E-state index is -0.891. The summed E-state index contributed by atoms with van der Waals surface area (Å²) in [5.41, 5.74) is 1.26. The van der Waals surface area contributed by atoms with Gasteiger partial charge in [-0.2, -0.15) is 0 Å². The number of hydrogen-bond acceptors (Lipinski definition) is 2. The Morgan fingerprint density at radius 1 is 1.57 bits per heavy atom. The molecule has 0 saturated heterocycles. The van der Waals surface area contributed by atoms with Crippen molar-refractivity contribution < 1.29 is 13.9 Å². The van der Waals surface area contributed by atoms with E-state index in [0.29, 0.717) is 11.3 Å². The van der Waals surface area contributed by atoms with Crippen molar-refractivity contribution in [3.8, 4) is 5.75 Å². The van der Waals surface area contributed by atoms with Crippen LogP contribution in [-0.2, 0) is 0 Å². The van der Waals surface area contributed by atoms with Gasteiger partial charge in [0.1, 0.15) is 5.75 Å². The van der Waals surface area contributed by atoms with Crippen LogP contribution in [0.5, 0.6) is 5.75 Å². The van der Waals surface area contributed by atoms with Crippen LogP contribution in [0.4, 0.5) is 4.39 Å². The molecule has 0 aliphatic carbocycles. The van der Waals surface area contributed by atoms with Crippen LogP contribution in [0.15, 0.2) is 18.2 Å². The van der Waals surface area contributed by atoms with Gasteiger partial charge < -0.3 is 10.1 Å². The minimum absolute atomic E-state index is 0.214. The lowest BCUT2D eigenvalue weighted by Gasteiger charge is -2.07. The second kappa shape index (κ2) is 4.60. The predicted octanol–water partition coefficient (Wildman–Crippen LogP) is 1.66. The van der Waals surface area contributed by atoms with Crippen LogP contribution in [0.3, 0.4) is 0 Å². The van der Waals surface area contributed by atoms with Gasteiger partial charge >= 0.3 is 0 Å². The van der Waals surface area contributed by atoms with E-state index in [2.05, 4.69) is 5.32 Å². The molecule has 0 saturated carbocycles. The second-order valence-electron chi connectivity index (χ2n) is 2.81. The molecule has 14 heavy (non-hydrogen) atoms. The number of alkyl halides is 1. The van der Waals surface area contributed by atoms with Crippen LogP contribution in [-0.4, -0.2) is 19.8 Å². The average Bonchev–Trinajstić information content (AvgIpc) is 2.20. The second-order valence-corrected chi connectivity index (χ2v) is 2.81. The first-order chi connectivity index (χ1) is 6.69. The molecular formula is C10H12FNO2. The van der Waals surface area contributed by atoms with Gasteiger partial charge in [0.15, 0.2) is 0 Å². The number of rotatable bonds is 3. The van der Waals surface area contributed by atoms with Crippen molar-refractivity contribution in [1.29, 1.82) is 0 Å². The molecule has 0 aromatic heterocycles. The van der Waals surface area contributed by atoms with Gasteiger partial charge in [-0.3, -0.25) is 4.79 Å². The number of benzene rings is 1. The third kappa shape index (κ3) is 2.22. The molecule has 0 aliphatic heterocycles. The van der Waals surface area contributed by atoms with Gasteiger partial charge in [-0.1, -0.05) is 6.07 Å². The number of hydrogen-bond donors (Lipinski definition) is 1. The lowest BCUT2D eigenvalue weighted by atomic mass is 10.1. The zero-order valence-electron chi connectivity index (χ0n) is 8.13. The van der Waals surface area contributed by atoms with E-state index in [1.165, 1.54) is 13.1 Å². The molecule has 3 nitrogen and oxygen atoms in total. The maximum absolute atomic E-state index is 12.0. The highest BCUT2D eigenvalue weighted by Crippen LogP contribution is 2.19. The molecule has 1 aromatic carbocycles. The molecule has 1 N–H and O–H groups in total. The highest BCUT2D eigenvalue weighted by molar-refractivity contribution is 5.94. The van der Waals surface area contributed by atoms with Crippen LogP contribution in [0, 0.1) is 6.92 Å². The molecule has 0 atom stereocenters. The maximum Gasteiger partial charge on any atom is 0.251 e. The van der Waals surface area contributed by atoms with Crippen molar-refractivity contribution >= 4 is 5.91 Å². The summed E-state index contributed by atoms with van der Waals surface area (Å²) in [6.45, 7) is 0.899. The largest absolute Gasteiger partial charge is 0.463 e. The number of amides is 1. The fourth-order valence-electron chi connectivity index (χ4n) is 1.10. The molecule has 76 valence electrons. The Labute approximate surface area is 81.9 Å². The molecule has 0 radical (unpaired) electrons. The summed E-state index contributed by atoms with van der Waals surface area (Å²) in [7, 11) is 1.54. The first kappa shape index (κ1) is 10.5. The molecule has 1 amide bonds. The van der Waals surface area contributed by atoms with Crippen molar-refractivity contribution in [3.63, 3.8) is 0 Å². The van der Waals surface area contributed by atoms with E-state index in [-0.39, 0.29) is 5.91 Å². The predicted molar refractivity (Wildman–Crippen MR) is 51.2 cm³/mol. The van der Waals surface area contributed by atoms with Gasteiger partial charge in [0.05, 0.1) is 0 Å². The van der Waals surface area contributed by atoms with Crippen LogP contribution in [0.25, 0.3) is 0 Å². The zero-order valence-corrected chi connectivity index (χ0v) is 8.13. The van der Waals surface area contributed by atoms with Crippen LogP contribution in [0.1, 0.15) is 15.9 Å². The summed E-state index contributed by atoms with van der Waals surface area (Å²) in [6.07, 6.45) is 0. The molecule has 0 spiro atoms. The number of halogens is 1. The van der Waals surface area contributed by atoms with E-state index in [0.717, 1.165) is 5.56 Å². The summed E-state index contributed by atoms with van der Waals surface area (Å²) in [6, 6.07) is 4.91. The summed E-state index contributed by atoms with van der Waals surface area (Å²) >= 11 is 0. The molecule has 1 aromatic rings. The number of nitrogens with one attached hydrogen (secondary N) is 1. The standard InChI is InChI=1S/C10H12FNO2/c1-7-3-4-8(10(13)12-2)5-9(7)14-6-11/h3-5H,6H2,1-2H3,(H,12,13). The monoisotopic (exact) mass is 197 g/mol. The molecule has 0 unspecified atom stereocenters. The Hall–Kier alpha value is -1.58. The Morgan fingerprint density at radius 3 is 2.86 bits per heavy atom. The summed E-state index contributed by atoms with van der Waals surface area (Å²) in [4.78, 5) is 11.2. The zero-order chi connectivity index (χ0) is 10.6. The SMILES string of the molecule is CNC(=O)c1ccc(C)c(OCF)c1. The van der Waals surface area contributed by atoms with E-state index in [1.807, 2.05) is 0 Å². The van der Waals surface area contributed by atoms with Gasteiger partial charge in [-0.15, -0.1) is 0 Å². The van der Waals surface area contributed by atoms with Crippen molar-refractivity contribution in [1.82, 2.24) is 5.32 Å². The van der Waals surface area contributed by atoms with Crippen molar-refractivity contribution in [2.45, 2.75) is 6.92 Å². The van der Waals surface area contributed by atoms with Crippen LogP contribution < -0.4 is 10.1 Å². The topological polar surface area (TPSA) is 38.3 Å². The lowest BCUT2D eigenvalue weighted by Crippen LogP contribution is -2.17. The molecule has 1 rings (SSSR count). The Kier molecular flexibility index (Phi) is 3.45. The number of aryl methyl sites for hydroxylation is 1. The molecule has 0 fully saturated rings. The third-order valence-corrected chi connectivity index (χ3v) is 1.89. The Bertz CT molecular complexity index is 339. The maximum atomic E-state index is 12.0. The summed E-state index contributed by atoms with van der Waals surface area (Å²) < 4.78 is 16.7. The van der Waals surface area contributed by atoms with Gasteiger partial charge in [0.2, 0.25) is 6.86 Å². The van der Waals surface area contributed by atoms with Gasteiger partial charge in [-0.05, 0) is 24.6 Å². The first-order valence-corrected chi connectivity index (χ1v) is 4.20. The summed E-state index contributed by atoms with van der Waals surface area (Å²) in [5, 5.41) is 2.48. The smallest absolute Gasteiger partial charge is 0.251 e. The first-order valence-electron chi connectivity index (χ1n) is 4.20. The van der Waals surface area contributed by atoms with E-state index in [9.17, 15) is 9.18 Å². The number of ether oxygens (including phenoxy) is 1. The van der Waals surface area contributed by atoms with Gasteiger partial charge in [-0.25, -0.2) is 4.39 Å². The highest BCUT2D eigenvalue weighted by Gasteiger charge is 2.06. The van der Waals surface area contributed by atoms with Crippen molar-refractivity contribution in [2.75, 3.05) is 13.9 Å². The minimum Gasteiger partial charge on any atom is -0.463 e. The molecule has 0 bridgehead atoms. The number of carbonyl (C=O) groups is 1. The fourth-order valence-corrected chi connectivity index (χ4v) is 1.10. The van der Waals surface area contributed by atoms with Crippen LogP contribution >= 0.6 is 0 Å². The van der Waals surface area contributed by atoms with E-state index in [4.69, 9.17) is 4.74 Å². The quantitative estimate of drug-likeness (QED) is 0.800. The fraction of sp³-hybridized carbons (Fsp3) is 0.300. The van der Waals surface area contributed by atoms with E-state index >= 15 is 0 Å². The summed E-state index contributed by atoms with van der Waals surface area (Å²) in [5.74, 6) is 0.183. The molecule has 4 heteroatoms. The van der Waals surface area contributed by atoms with Crippen molar-refractivity contribution in [2.24, 2.45) is 0 Å². The van der Waals surface area contributed by atoms with Gasteiger partial charge in [0.25, 0.3) is 5.91 Å². The third-order valence-electron chi connectivity index (χ3n) is 1.89. The molecule has 0 heterocycles. The molecular weight excluding hydrogens is 185 g/mol. The lowest BCUT2D eigenvalue weighted by molar-refractivity contribution is 0.0962. The van der Waals surface area contributed by atoms with Crippen molar-refractivity contribution in [3.05, 3.63) is 29.3 Å². The Morgan fingerprint density at radius 2 is 2.29 bits per heavy atom. The Balaban J connectivity index is 2.99. The normalized spacial score (nSPS) is 9.64. The molecule has 0 aliphatic rings. The van der Waals surface area contributed by atoms with Gasteiger partial charge in [0, 0.05) is 12.6 Å². The highest BCUT2D eigenvalue weighted by atomic mass is 19.1. The number of carbonyl (C=O) groups excluding carboxylic acids is 1.